The normalized spacial score (nSPS) is 15.8. The molecule has 180 valence electrons. The lowest BCUT2D eigenvalue weighted by atomic mass is 9.99. The molecule has 1 unspecified atom stereocenters. The molecule has 3 heterocycles. The molecule has 2 aromatic carbocycles. The molecule has 0 spiro atoms. The minimum atomic E-state index is -0.379. The number of benzene rings is 2. The average molecular weight is 490 g/mol. The second kappa shape index (κ2) is 9.87. The van der Waals surface area contributed by atoms with E-state index in [1.807, 2.05) is 62.4 Å². The number of ether oxygens (including phenoxy) is 1. The molecule has 2 aromatic heterocycles. The van der Waals surface area contributed by atoms with Crippen LogP contribution in [0.4, 0.5) is 10.8 Å². The predicted molar refractivity (Wildman–Crippen MR) is 137 cm³/mol. The number of nitrogens with zero attached hydrogens (tertiary/aromatic N) is 4. The van der Waals surface area contributed by atoms with Crippen LogP contribution in [0.15, 0.2) is 54.6 Å². The summed E-state index contributed by atoms with van der Waals surface area (Å²) in [6.45, 7) is 4.81. The van der Waals surface area contributed by atoms with Gasteiger partial charge in [-0.1, -0.05) is 41.7 Å². The van der Waals surface area contributed by atoms with Gasteiger partial charge in [0.2, 0.25) is 0 Å². The summed E-state index contributed by atoms with van der Waals surface area (Å²) in [4.78, 5) is 32.2. The van der Waals surface area contributed by atoms with Crippen LogP contribution in [0.5, 0.6) is 0 Å². The van der Waals surface area contributed by atoms with Crippen LogP contribution in [-0.4, -0.2) is 46.3 Å². The van der Waals surface area contributed by atoms with Crippen molar-refractivity contribution in [3.8, 4) is 5.69 Å². The summed E-state index contributed by atoms with van der Waals surface area (Å²) >= 11 is 1.63. The highest BCUT2D eigenvalue weighted by molar-refractivity contribution is 7.22. The number of nitrogens with one attached hydrogen (secondary N) is 1. The Morgan fingerprint density at radius 1 is 1.11 bits per heavy atom. The molecule has 1 saturated heterocycles. The molecule has 0 aliphatic carbocycles. The second-order valence-electron chi connectivity index (χ2n) is 8.70. The third-order valence-electron chi connectivity index (χ3n) is 6.21. The van der Waals surface area contributed by atoms with Crippen molar-refractivity contribution in [2.24, 2.45) is 5.92 Å². The fourth-order valence-electron chi connectivity index (χ4n) is 4.41. The predicted octanol–water partition coefficient (Wildman–Crippen LogP) is 4.50. The lowest BCUT2D eigenvalue weighted by Gasteiger charge is -2.31. The molecular weight excluding hydrogens is 462 g/mol. The Labute approximate surface area is 207 Å². The third-order valence-corrected chi connectivity index (χ3v) is 7.31. The van der Waals surface area contributed by atoms with Crippen LogP contribution in [0.2, 0.25) is 0 Å². The number of anilines is 2. The largest absolute Gasteiger partial charge is 0.455 e. The van der Waals surface area contributed by atoms with Crippen LogP contribution in [0.3, 0.4) is 0 Å². The van der Waals surface area contributed by atoms with Crippen molar-refractivity contribution in [2.75, 3.05) is 29.9 Å². The third kappa shape index (κ3) is 4.90. The molecular formula is C26H27N5O3S. The zero-order chi connectivity index (χ0) is 24.4. The zero-order valence-corrected chi connectivity index (χ0v) is 20.5. The molecule has 1 fully saturated rings. The van der Waals surface area contributed by atoms with E-state index in [0.29, 0.717) is 17.9 Å². The van der Waals surface area contributed by atoms with E-state index in [4.69, 9.17) is 9.72 Å². The number of hydrogen-bond acceptors (Lipinski definition) is 7. The Morgan fingerprint density at radius 3 is 2.69 bits per heavy atom. The van der Waals surface area contributed by atoms with Gasteiger partial charge >= 0.3 is 5.97 Å². The molecule has 1 amide bonds. The number of rotatable bonds is 6. The Bertz CT molecular complexity index is 1330. The molecule has 35 heavy (non-hydrogen) atoms. The molecule has 1 aliphatic rings. The molecule has 1 aliphatic heterocycles. The summed E-state index contributed by atoms with van der Waals surface area (Å²) in [5.41, 5.74) is 4.02. The highest BCUT2D eigenvalue weighted by atomic mass is 32.1. The number of carbonyl (C=O) groups is 2. The summed E-state index contributed by atoms with van der Waals surface area (Å²) in [6, 6.07) is 17.7. The SMILES string of the molecule is Cc1nn(-c2ccccc2)c(C)c1NC(=O)COC(=O)C1CCCN(c2nc3ccccc3s2)C1. The lowest BCUT2D eigenvalue weighted by molar-refractivity contribution is -0.151. The molecule has 1 N–H and O–H groups in total. The van der Waals surface area contributed by atoms with E-state index in [-0.39, 0.29) is 24.4 Å². The number of aromatic nitrogens is 3. The maximum atomic E-state index is 12.8. The van der Waals surface area contributed by atoms with E-state index in [0.717, 1.165) is 46.1 Å². The molecule has 4 aromatic rings. The van der Waals surface area contributed by atoms with Crippen LogP contribution in [0.25, 0.3) is 15.9 Å². The Balaban J connectivity index is 1.18. The maximum Gasteiger partial charge on any atom is 0.311 e. The molecule has 0 radical (unpaired) electrons. The van der Waals surface area contributed by atoms with Crippen molar-refractivity contribution < 1.29 is 14.3 Å². The number of amides is 1. The van der Waals surface area contributed by atoms with Gasteiger partial charge in [0.15, 0.2) is 11.7 Å². The minimum Gasteiger partial charge on any atom is -0.455 e. The summed E-state index contributed by atoms with van der Waals surface area (Å²) in [6.07, 6.45) is 1.61. The topological polar surface area (TPSA) is 89.3 Å². The van der Waals surface area contributed by atoms with Gasteiger partial charge in [-0.05, 0) is 51.0 Å². The summed E-state index contributed by atoms with van der Waals surface area (Å²) in [5.74, 6) is -1.01. The van der Waals surface area contributed by atoms with Crippen LogP contribution in [0.1, 0.15) is 24.2 Å². The standard InChI is InChI=1S/C26H27N5O3S/c1-17-24(18(2)31(29-17)20-10-4-3-5-11-20)28-23(32)16-34-25(33)19-9-8-14-30(15-19)26-27-21-12-6-7-13-22(21)35-26/h3-7,10-13,19H,8-9,14-16H2,1-2H3,(H,28,32). The monoisotopic (exact) mass is 489 g/mol. The van der Waals surface area contributed by atoms with E-state index >= 15 is 0 Å². The number of hydrogen-bond donors (Lipinski definition) is 1. The van der Waals surface area contributed by atoms with E-state index < -0.39 is 0 Å². The number of thiazole rings is 1. The van der Waals surface area contributed by atoms with Gasteiger partial charge < -0.3 is 15.0 Å². The van der Waals surface area contributed by atoms with Gasteiger partial charge in [0.25, 0.3) is 5.91 Å². The number of fused-ring (bicyclic) bond motifs is 1. The summed E-state index contributed by atoms with van der Waals surface area (Å²) < 4.78 is 8.32. The number of carbonyl (C=O) groups excluding carboxylic acids is 2. The Morgan fingerprint density at radius 2 is 1.89 bits per heavy atom. The highest BCUT2D eigenvalue weighted by Gasteiger charge is 2.29. The number of aryl methyl sites for hydroxylation is 1. The first kappa shape index (κ1) is 23.0. The van der Waals surface area contributed by atoms with Crippen molar-refractivity contribution in [3.63, 3.8) is 0 Å². The highest BCUT2D eigenvalue weighted by Crippen LogP contribution is 2.31. The van der Waals surface area contributed by atoms with E-state index in [1.165, 1.54) is 0 Å². The van der Waals surface area contributed by atoms with Crippen molar-refractivity contribution in [1.82, 2.24) is 14.8 Å². The molecule has 8 nitrogen and oxygen atoms in total. The molecule has 5 rings (SSSR count). The molecule has 9 heteroatoms. The van der Waals surface area contributed by atoms with Gasteiger partial charge in [0.05, 0.1) is 38.9 Å². The lowest BCUT2D eigenvalue weighted by Crippen LogP contribution is -2.40. The van der Waals surface area contributed by atoms with E-state index in [2.05, 4.69) is 21.4 Å². The molecule has 0 bridgehead atoms. The Hall–Kier alpha value is -3.72. The van der Waals surface area contributed by atoms with E-state index in [9.17, 15) is 9.59 Å². The molecule has 1 atom stereocenters. The van der Waals surface area contributed by atoms with Crippen LogP contribution in [-0.2, 0) is 14.3 Å². The fraction of sp³-hybridized carbons (Fsp3) is 0.308. The number of para-hydroxylation sites is 2. The van der Waals surface area contributed by atoms with Crippen molar-refractivity contribution in [1.29, 1.82) is 0 Å². The van der Waals surface area contributed by atoms with Gasteiger partial charge in [-0.25, -0.2) is 9.67 Å². The van der Waals surface area contributed by atoms with Gasteiger partial charge in [-0.2, -0.15) is 5.10 Å². The van der Waals surface area contributed by atoms with Crippen LogP contribution in [0, 0.1) is 19.8 Å². The maximum absolute atomic E-state index is 12.8. The first-order valence-corrected chi connectivity index (χ1v) is 12.5. The van der Waals surface area contributed by atoms with Gasteiger partial charge in [-0.3, -0.25) is 9.59 Å². The second-order valence-corrected chi connectivity index (χ2v) is 9.71. The average Bonchev–Trinajstić information content (AvgIpc) is 3.44. The number of esters is 1. The van der Waals surface area contributed by atoms with Gasteiger partial charge in [0, 0.05) is 13.1 Å². The van der Waals surface area contributed by atoms with Crippen LogP contribution >= 0.6 is 11.3 Å². The van der Waals surface area contributed by atoms with E-state index in [1.54, 1.807) is 16.0 Å². The summed E-state index contributed by atoms with van der Waals surface area (Å²) in [7, 11) is 0. The first-order valence-electron chi connectivity index (χ1n) is 11.7. The summed E-state index contributed by atoms with van der Waals surface area (Å²) in [5, 5.41) is 8.32. The minimum absolute atomic E-state index is 0.284. The van der Waals surface area contributed by atoms with Crippen molar-refractivity contribution in [3.05, 3.63) is 66.0 Å². The Kier molecular flexibility index (Phi) is 6.50. The fourth-order valence-corrected chi connectivity index (χ4v) is 5.41. The van der Waals surface area contributed by atoms with Gasteiger partial charge in [0.1, 0.15) is 0 Å². The van der Waals surface area contributed by atoms with Crippen molar-refractivity contribution in [2.45, 2.75) is 26.7 Å². The quantitative estimate of drug-likeness (QED) is 0.401. The van der Waals surface area contributed by atoms with Gasteiger partial charge in [-0.15, -0.1) is 0 Å². The first-order chi connectivity index (χ1) is 17.0. The molecule has 0 saturated carbocycles. The number of piperidine rings is 1. The van der Waals surface area contributed by atoms with Crippen LogP contribution < -0.4 is 10.2 Å². The van der Waals surface area contributed by atoms with Crippen molar-refractivity contribution >= 4 is 44.2 Å². The zero-order valence-electron chi connectivity index (χ0n) is 19.7. The smallest absolute Gasteiger partial charge is 0.311 e.